The van der Waals surface area contributed by atoms with Crippen molar-refractivity contribution in [2.24, 2.45) is 0 Å². The van der Waals surface area contributed by atoms with Gasteiger partial charge in [-0.2, -0.15) is 0 Å². The van der Waals surface area contributed by atoms with Crippen LogP contribution in [0.4, 0.5) is 0 Å². The molecule has 1 aromatic rings. The number of benzene rings is 1. The van der Waals surface area contributed by atoms with Gasteiger partial charge in [0.2, 0.25) is 0 Å². The predicted molar refractivity (Wildman–Crippen MR) is 93.4 cm³/mol. The normalized spacial score (nSPS) is 14.9. The van der Waals surface area contributed by atoms with E-state index in [0.29, 0.717) is 16.6 Å². The van der Waals surface area contributed by atoms with E-state index in [1.807, 2.05) is 0 Å². The molecule has 1 aliphatic rings. The minimum Gasteiger partial charge on any atom is -0.543 e. The summed E-state index contributed by atoms with van der Waals surface area (Å²) < 4.78 is 6.75. The molecule has 0 spiro atoms. The van der Waals surface area contributed by atoms with E-state index in [4.69, 9.17) is 4.43 Å². The summed E-state index contributed by atoms with van der Waals surface area (Å²) in [6.07, 6.45) is 7.69. The first-order chi connectivity index (χ1) is 9.87. The Hall–Kier alpha value is -1.02. The second kappa shape index (κ2) is 6.39. The first-order valence-corrected chi connectivity index (χ1v) is 10.4. The molecule has 0 unspecified atom stereocenters. The molecule has 0 saturated carbocycles. The van der Waals surface area contributed by atoms with Gasteiger partial charge in [-0.05, 0) is 58.8 Å². The molecule has 2 rings (SSSR count). The minimum absolute atomic E-state index is 0.611. The highest BCUT2D eigenvalue weighted by Gasteiger charge is 2.47. The molecule has 1 radical (unpaired) electrons. The van der Waals surface area contributed by atoms with Crippen LogP contribution in [0.1, 0.15) is 59.1 Å². The number of hydrogen-bond donors (Lipinski definition) is 0. The van der Waals surface area contributed by atoms with Gasteiger partial charge < -0.3 is 4.43 Å². The summed E-state index contributed by atoms with van der Waals surface area (Å²) in [6, 6.07) is 6.56. The van der Waals surface area contributed by atoms with Gasteiger partial charge in [0.05, 0.1) is 0 Å². The smallest absolute Gasteiger partial charge is 0.258 e. The van der Waals surface area contributed by atoms with Crippen LogP contribution >= 0.6 is 0 Å². The van der Waals surface area contributed by atoms with E-state index in [1.54, 1.807) is 0 Å². The van der Waals surface area contributed by atoms with Gasteiger partial charge in [-0.25, -0.2) is 0 Å². The summed E-state index contributed by atoms with van der Waals surface area (Å²) in [5.41, 5.74) is 4.45. The van der Waals surface area contributed by atoms with E-state index in [9.17, 15) is 0 Å². The molecule has 115 valence electrons. The van der Waals surface area contributed by atoms with E-state index >= 15 is 0 Å². The minimum atomic E-state index is -1.84. The van der Waals surface area contributed by atoms with Crippen LogP contribution in [-0.4, -0.2) is 8.32 Å². The number of rotatable bonds is 5. The lowest BCUT2D eigenvalue weighted by Gasteiger charge is -2.42. The van der Waals surface area contributed by atoms with E-state index in [2.05, 4.69) is 71.9 Å². The third kappa shape index (κ3) is 3.10. The third-order valence-corrected chi connectivity index (χ3v) is 10.9. The highest BCUT2D eigenvalue weighted by molar-refractivity contribution is 6.78. The zero-order valence-corrected chi connectivity index (χ0v) is 15.4. The van der Waals surface area contributed by atoms with Crippen molar-refractivity contribution in [2.45, 2.75) is 71.0 Å². The van der Waals surface area contributed by atoms with E-state index in [1.165, 1.54) is 11.1 Å². The molecule has 1 aliphatic carbocycles. The fraction of sp³-hybridized carbons (Fsp3) is 0.579. The van der Waals surface area contributed by atoms with E-state index in [0.717, 1.165) is 18.6 Å². The van der Waals surface area contributed by atoms with Crippen molar-refractivity contribution in [1.29, 1.82) is 0 Å². The maximum atomic E-state index is 6.75. The second-order valence-electron chi connectivity index (χ2n) is 7.13. The topological polar surface area (TPSA) is 9.23 Å². The van der Waals surface area contributed by atoms with Gasteiger partial charge >= 0.3 is 0 Å². The highest BCUT2D eigenvalue weighted by Crippen LogP contribution is 2.43. The second-order valence-corrected chi connectivity index (χ2v) is 12.5. The number of allylic oxidation sites excluding steroid dienone is 1. The number of hydrogen-bond acceptors (Lipinski definition) is 1. The molecule has 0 aliphatic heterocycles. The van der Waals surface area contributed by atoms with Crippen molar-refractivity contribution >= 4 is 8.32 Å². The third-order valence-electron chi connectivity index (χ3n) is 4.89. The highest BCUT2D eigenvalue weighted by atomic mass is 28.4. The molecule has 0 heterocycles. The lowest BCUT2D eigenvalue weighted by Crippen LogP contribution is -2.50. The molecular weight excluding hydrogens is 272 g/mol. The summed E-state index contributed by atoms with van der Waals surface area (Å²) in [5, 5.41) is 0. The molecule has 0 atom stereocenters. The SMILES string of the molecule is CC(C)[Si](Oc1ccc2c(c1)CCC=[C]2)(C(C)C)C(C)C. The average Bonchev–Trinajstić information content (AvgIpc) is 2.43. The lowest BCUT2D eigenvalue weighted by molar-refractivity contribution is 0.479. The van der Waals surface area contributed by atoms with Crippen LogP contribution in [0.3, 0.4) is 0 Å². The maximum Gasteiger partial charge on any atom is 0.258 e. The quantitative estimate of drug-likeness (QED) is 0.616. The van der Waals surface area contributed by atoms with E-state index < -0.39 is 8.32 Å². The maximum absolute atomic E-state index is 6.75. The Morgan fingerprint density at radius 2 is 1.62 bits per heavy atom. The molecule has 1 aromatic carbocycles. The summed E-state index contributed by atoms with van der Waals surface area (Å²) in [7, 11) is -1.84. The monoisotopic (exact) mass is 301 g/mol. The lowest BCUT2D eigenvalue weighted by atomic mass is 9.97. The molecular formula is C19H29OSi. The number of aryl methyl sites for hydroxylation is 1. The van der Waals surface area contributed by atoms with Gasteiger partial charge in [0, 0.05) is 0 Å². The summed E-state index contributed by atoms with van der Waals surface area (Å²) in [5.74, 6) is 1.07. The van der Waals surface area contributed by atoms with Crippen LogP contribution in [0, 0.1) is 6.08 Å². The Kier molecular flexibility index (Phi) is 4.98. The number of fused-ring (bicyclic) bond motifs is 1. The Morgan fingerprint density at radius 1 is 1.00 bits per heavy atom. The van der Waals surface area contributed by atoms with Crippen molar-refractivity contribution in [3.8, 4) is 5.75 Å². The zero-order valence-electron chi connectivity index (χ0n) is 14.4. The molecule has 0 N–H and O–H groups in total. The van der Waals surface area contributed by atoms with Crippen molar-refractivity contribution in [1.82, 2.24) is 0 Å². The zero-order chi connectivity index (χ0) is 15.6. The molecule has 2 heteroatoms. The molecule has 0 bridgehead atoms. The summed E-state index contributed by atoms with van der Waals surface area (Å²) in [6.45, 7) is 14.0. The van der Waals surface area contributed by atoms with Crippen molar-refractivity contribution in [3.05, 3.63) is 41.5 Å². The van der Waals surface area contributed by atoms with Gasteiger partial charge in [0.25, 0.3) is 8.32 Å². The van der Waals surface area contributed by atoms with Crippen molar-refractivity contribution in [2.75, 3.05) is 0 Å². The van der Waals surface area contributed by atoms with Gasteiger partial charge in [-0.15, -0.1) is 0 Å². The van der Waals surface area contributed by atoms with Crippen LogP contribution < -0.4 is 4.43 Å². The van der Waals surface area contributed by atoms with Crippen LogP contribution in [-0.2, 0) is 6.42 Å². The standard InChI is InChI=1S/C19H29OSi/c1-14(2)21(15(3)4,16(5)6)20-19-12-11-17-9-7-8-10-18(17)13-19/h7,11-16H,8,10H2,1-6H3. The summed E-state index contributed by atoms with van der Waals surface area (Å²) >= 11 is 0. The van der Waals surface area contributed by atoms with Gasteiger partial charge in [-0.3, -0.25) is 0 Å². The Balaban J connectivity index is 2.35. The Labute approximate surface area is 131 Å². The molecule has 21 heavy (non-hydrogen) atoms. The van der Waals surface area contributed by atoms with Gasteiger partial charge in [-0.1, -0.05) is 53.7 Å². The first kappa shape index (κ1) is 16.3. The van der Waals surface area contributed by atoms with Crippen LogP contribution in [0.15, 0.2) is 24.3 Å². The van der Waals surface area contributed by atoms with Gasteiger partial charge in [0.1, 0.15) is 5.75 Å². The predicted octanol–water partition coefficient (Wildman–Crippen LogP) is 5.89. The fourth-order valence-corrected chi connectivity index (χ4v) is 9.19. The largest absolute Gasteiger partial charge is 0.543 e. The van der Waals surface area contributed by atoms with Crippen LogP contribution in [0.5, 0.6) is 5.75 Å². The Morgan fingerprint density at radius 3 is 2.19 bits per heavy atom. The molecule has 0 amide bonds. The summed E-state index contributed by atoms with van der Waals surface area (Å²) in [4.78, 5) is 0. The molecule has 1 nitrogen and oxygen atoms in total. The molecule has 0 aromatic heterocycles. The van der Waals surface area contributed by atoms with Crippen molar-refractivity contribution < 1.29 is 4.43 Å². The Bertz CT molecular complexity index is 493. The van der Waals surface area contributed by atoms with Crippen LogP contribution in [0.2, 0.25) is 16.6 Å². The van der Waals surface area contributed by atoms with Gasteiger partial charge in [0.15, 0.2) is 0 Å². The average molecular weight is 302 g/mol. The van der Waals surface area contributed by atoms with E-state index in [-0.39, 0.29) is 0 Å². The van der Waals surface area contributed by atoms with Crippen LogP contribution in [0.25, 0.3) is 0 Å². The molecule has 0 fully saturated rings. The van der Waals surface area contributed by atoms with Crippen molar-refractivity contribution in [3.63, 3.8) is 0 Å². The molecule has 0 saturated heterocycles. The first-order valence-electron chi connectivity index (χ1n) is 8.28. The fourth-order valence-electron chi connectivity index (χ4n) is 3.95.